The van der Waals surface area contributed by atoms with Gasteiger partial charge in [0.2, 0.25) is 5.91 Å². The van der Waals surface area contributed by atoms with Gasteiger partial charge in [0.15, 0.2) is 23.1 Å². The second kappa shape index (κ2) is 14.8. The number of hydrogen-bond acceptors (Lipinski definition) is 3. The summed E-state index contributed by atoms with van der Waals surface area (Å²) < 4.78 is 33.7. The van der Waals surface area contributed by atoms with Gasteiger partial charge < -0.3 is 9.64 Å². The van der Waals surface area contributed by atoms with E-state index in [1.54, 1.807) is 0 Å². The number of hydrogen-bond donors (Lipinski definition) is 0. The number of fused-ring (bicyclic) bond motifs is 1. The van der Waals surface area contributed by atoms with Crippen molar-refractivity contribution in [3.05, 3.63) is 130 Å². The molecule has 244 valence electrons. The summed E-state index contributed by atoms with van der Waals surface area (Å²) in [4.78, 5) is 27.4. The van der Waals surface area contributed by atoms with Crippen LogP contribution in [0.15, 0.2) is 90.7 Å². The lowest BCUT2D eigenvalue weighted by Gasteiger charge is -2.28. The van der Waals surface area contributed by atoms with Crippen molar-refractivity contribution in [1.82, 2.24) is 4.90 Å². The van der Waals surface area contributed by atoms with E-state index in [4.69, 9.17) is 16.3 Å². The zero-order valence-electron chi connectivity index (χ0n) is 26.6. The maximum atomic E-state index is 14.4. The van der Waals surface area contributed by atoms with Crippen LogP contribution in [0.5, 0.6) is 5.75 Å². The second-order valence-corrected chi connectivity index (χ2v) is 13.5. The van der Waals surface area contributed by atoms with Gasteiger partial charge in [0.1, 0.15) is 5.82 Å². The maximum absolute atomic E-state index is 14.4. The van der Waals surface area contributed by atoms with E-state index >= 15 is 0 Å². The maximum Gasteiger partial charge on any atom is 0.222 e. The highest BCUT2D eigenvalue weighted by molar-refractivity contribution is 6.30. The van der Waals surface area contributed by atoms with Gasteiger partial charge in [-0.25, -0.2) is 8.78 Å². The summed E-state index contributed by atoms with van der Waals surface area (Å²) in [6, 6.07) is 18.4. The van der Waals surface area contributed by atoms with Gasteiger partial charge in [-0.05, 0) is 110 Å². The predicted octanol–water partition coefficient (Wildman–Crippen LogP) is 9.91. The minimum atomic E-state index is -0.853. The SMILES string of the molecule is C=C1C=C(C(=O)CCC[C@@H](C=C2CCC(c3ccccc3CN3CCCC3=O)CC2)Cc2ccc(Cl)cc2)Oc2c(F)cc(F)cc21. The first-order valence-corrected chi connectivity index (χ1v) is 17.0. The molecule has 0 spiro atoms. The van der Waals surface area contributed by atoms with E-state index in [0.717, 1.165) is 63.6 Å². The van der Waals surface area contributed by atoms with Crippen molar-refractivity contribution in [1.29, 1.82) is 0 Å². The number of nitrogens with zero attached hydrogens (tertiary/aromatic N) is 1. The van der Waals surface area contributed by atoms with Gasteiger partial charge in [-0.3, -0.25) is 9.59 Å². The number of ether oxygens (including phenoxy) is 1. The Labute approximate surface area is 280 Å². The van der Waals surface area contributed by atoms with Crippen LogP contribution < -0.4 is 4.74 Å². The van der Waals surface area contributed by atoms with E-state index in [2.05, 4.69) is 49.1 Å². The molecular weight excluding hydrogens is 616 g/mol. The number of benzene rings is 3. The third-order valence-electron chi connectivity index (χ3n) is 9.66. The standard InChI is InChI=1S/C40H40ClF2NO3/c1-26-20-38(47-40-35(26)23-33(42)24-36(40)43)37(45)9-4-6-29(22-28-13-17-32(41)18-14-28)21-27-11-15-30(16-12-27)34-8-3-2-7-31(34)25-44-19-5-10-39(44)46/h2-3,7-8,13-14,17-18,20-21,23-24,29-30H,1,4-6,9-12,15-16,19,22,25H2/t29-,30?/m0/s1. The summed E-state index contributed by atoms with van der Waals surface area (Å²) in [6.07, 6.45) is 12.2. The van der Waals surface area contributed by atoms with Crippen LogP contribution in [-0.2, 0) is 22.6 Å². The van der Waals surface area contributed by atoms with Crippen LogP contribution in [0.1, 0.15) is 86.0 Å². The molecule has 0 bridgehead atoms. The minimum Gasteiger partial charge on any atom is -0.450 e. The van der Waals surface area contributed by atoms with Crippen LogP contribution in [0.25, 0.3) is 5.57 Å². The molecule has 0 N–H and O–H groups in total. The van der Waals surface area contributed by atoms with Gasteiger partial charge >= 0.3 is 0 Å². The molecular formula is C40H40ClF2NO3. The number of halogens is 3. The third-order valence-corrected chi connectivity index (χ3v) is 9.92. The van der Waals surface area contributed by atoms with Gasteiger partial charge in [0.25, 0.3) is 0 Å². The van der Waals surface area contributed by atoms with Crippen molar-refractivity contribution in [2.75, 3.05) is 6.54 Å². The van der Waals surface area contributed by atoms with E-state index < -0.39 is 11.6 Å². The monoisotopic (exact) mass is 655 g/mol. The fourth-order valence-electron chi connectivity index (χ4n) is 7.18. The number of allylic oxidation sites excluding steroid dienone is 5. The molecule has 1 amide bonds. The lowest BCUT2D eigenvalue weighted by atomic mass is 9.78. The number of ketones is 1. The number of amides is 1. The smallest absolute Gasteiger partial charge is 0.222 e. The Bertz CT molecular complexity index is 1720. The topological polar surface area (TPSA) is 46.6 Å². The zero-order chi connectivity index (χ0) is 32.9. The molecule has 3 aliphatic rings. The van der Waals surface area contributed by atoms with E-state index in [1.807, 2.05) is 17.0 Å². The fraction of sp³-hybridized carbons (Fsp3) is 0.350. The van der Waals surface area contributed by atoms with Crippen LogP contribution in [0.3, 0.4) is 0 Å². The molecule has 6 rings (SSSR count). The first-order valence-electron chi connectivity index (χ1n) is 16.6. The molecule has 0 aromatic heterocycles. The van der Waals surface area contributed by atoms with E-state index in [9.17, 15) is 18.4 Å². The molecule has 1 saturated carbocycles. The summed E-state index contributed by atoms with van der Waals surface area (Å²) in [5, 5.41) is 0.699. The molecule has 2 heterocycles. The van der Waals surface area contributed by atoms with Crippen molar-refractivity contribution < 1.29 is 23.1 Å². The van der Waals surface area contributed by atoms with Crippen molar-refractivity contribution in [2.24, 2.45) is 5.92 Å². The largest absolute Gasteiger partial charge is 0.450 e. The quantitative estimate of drug-likeness (QED) is 0.193. The molecule has 1 saturated heterocycles. The molecule has 3 aromatic rings. The summed E-state index contributed by atoms with van der Waals surface area (Å²) in [5.41, 5.74) is 5.85. The summed E-state index contributed by atoms with van der Waals surface area (Å²) in [7, 11) is 0. The Kier molecular flexibility index (Phi) is 10.4. The fourth-order valence-corrected chi connectivity index (χ4v) is 7.31. The van der Waals surface area contributed by atoms with Crippen LogP contribution >= 0.6 is 11.6 Å². The average molecular weight is 656 g/mol. The highest BCUT2D eigenvalue weighted by Crippen LogP contribution is 2.39. The lowest BCUT2D eigenvalue weighted by Crippen LogP contribution is -2.25. The van der Waals surface area contributed by atoms with Crippen molar-refractivity contribution in [2.45, 2.75) is 76.7 Å². The normalized spacial score (nSPS) is 18.4. The van der Waals surface area contributed by atoms with Gasteiger partial charge in [0, 0.05) is 42.6 Å². The van der Waals surface area contributed by atoms with E-state index in [1.165, 1.54) is 28.3 Å². The third kappa shape index (κ3) is 8.10. The Morgan fingerprint density at radius 3 is 2.57 bits per heavy atom. The van der Waals surface area contributed by atoms with E-state index in [0.29, 0.717) is 35.9 Å². The number of carbonyl (C=O) groups excluding carboxylic acids is 2. The van der Waals surface area contributed by atoms with Crippen LogP contribution in [-0.4, -0.2) is 23.1 Å². The highest BCUT2D eigenvalue weighted by atomic mass is 35.5. The predicted molar refractivity (Wildman–Crippen MR) is 182 cm³/mol. The Morgan fingerprint density at radius 2 is 1.83 bits per heavy atom. The van der Waals surface area contributed by atoms with Gasteiger partial charge in [0.05, 0.1) is 0 Å². The van der Waals surface area contributed by atoms with Crippen LogP contribution in [0, 0.1) is 17.6 Å². The second-order valence-electron chi connectivity index (χ2n) is 13.0. The number of rotatable bonds is 11. The number of carbonyl (C=O) groups is 2. The first kappa shape index (κ1) is 32.9. The summed E-state index contributed by atoms with van der Waals surface area (Å²) >= 11 is 6.15. The summed E-state index contributed by atoms with van der Waals surface area (Å²) in [6.45, 7) is 5.42. The minimum absolute atomic E-state index is 0.0355. The molecule has 1 aliphatic carbocycles. The molecule has 0 unspecified atom stereocenters. The molecule has 4 nitrogen and oxygen atoms in total. The molecule has 7 heteroatoms. The van der Waals surface area contributed by atoms with Crippen molar-refractivity contribution in [3.8, 4) is 5.75 Å². The molecule has 2 aliphatic heterocycles. The Morgan fingerprint density at radius 1 is 1.06 bits per heavy atom. The van der Waals surface area contributed by atoms with Crippen LogP contribution in [0.4, 0.5) is 8.78 Å². The van der Waals surface area contributed by atoms with Gasteiger partial charge in [-0.2, -0.15) is 0 Å². The average Bonchev–Trinajstić information content (AvgIpc) is 3.46. The Hall–Kier alpha value is -4.03. The number of Topliss-reactive ketones (excluding diaryl/α,β-unsaturated/α-hetero) is 1. The van der Waals surface area contributed by atoms with Gasteiger partial charge in [-0.15, -0.1) is 0 Å². The molecule has 0 radical (unpaired) electrons. The molecule has 1 atom stereocenters. The Balaban J connectivity index is 1.09. The summed E-state index contributed by atoms with van der Waals surface area (Å²) in [5.74, 6) is -0.958. The lowest BCUT2D eigenvalue weighted by molar-refractivity contribution is -0.128. The molecule has 47 heavy (non-hydrogen) atoms. The highest BCUT2D eigenvalue weighted by Gasteiger charge is 2.27. The van der Waals surface area contributed by atoms with E-state index in [-0.39, 0.29) is 41.1 Å². The molecule has 3 aromatic carbocycles. The van der Waals surface area contributed by atoms with Crippen molar-refractivity contribution in [3.63, 3.8) is 0 Å². The van der Waals surface area contributed by atoms with Crippen molar-refractivity contribution >= 4 is 28.9 Å². The molecule has 2 fully saturated rings. The van der Waals surface area contributed by atoms with Gasteiger partial charge in [-0.1, -0.05) is 66.2 Å². The first-order chi connectivity index (χ1) is 22.7. The number of likely N-dealkylation sites (tertiary alicyclic amines) is 1. The van der Waals surface area contributed by atoms with Crippen LogP contribution in [0.2, 0.25) is 5.02 Å². The zero-order valence-corrected chi connectivity index (χ0v) is 27.3.